The van der Waals surface area contributed by atoms with Crippen molar-refractivity contribution < 1.29 is 9.53 Å². The van der Waals surface area contributed by atoms with Crippen LogP contribution in [0.1, 0.15) is 11.6 Å². The molecule has 2 aromatic rings. The predicted molar refractivity (Wildman–Crippen MR) is 66.9 cm³/mol. The van der Waals surface area contributed by atoms with Crippen molar-refractivity contribution in [3.05, 3.63) is 47.5 Å². The SMILES string of the molecule is COC(=O)C(Nc1nccs1)c1ccccc1. The van der Waals surface area contributed by atoms with E-state index in [0.717, 1.165) is 5.56 Å². The highest BCUT2D eigenvalue weighted by Crippen LogP contribution is 2.22. The zero-order valence-corrected chi connectivity index (χ0v) is 10.1. The third-order valence-corrected chi connectivity index (χ3v) is 2.97. The standard InChI is InChI=1S/C12H12N2O2S/c1-16-11(15)10(9-5-3-2-4-6-9)14-12-13-7-8-17-12/h2-8,10H,1H3,(H,13,14). The van der Waals surface area contributed by atoms with Crippen molar-refractivity contribution in [3.8, 4) is 0 Å². The van der Waals surface area contributed by atoms with Gasteiger partial charge in [-0.25, -0.2) is 9.78 Å². The molecule has 1 aromatic carbocycles. The first kappa shape index (κ1) is 11.6. The topological polar surface area (TPSA) is 51.2 Å². The summed E-state index contributed by atoms with van der Waals surface area (Å²) in [5.41, 5.74) is 0.856. The second-order valence-corrected chi connectivity index (χ2v) is 4.24. The van der Waals surface area contributed by atoms with Crippen molar-refractivity contribution in [1.29, 1.82) is 0 Å². The molecule has 1 aromatic heterocycles. The van der Waals surface area contributed by atoms with Gasteiger partial charge in [0.1, 0.15) is 0 Å². The number of aromatic nitrogens is 1. The number of hydrogen-bond acceptors (Lipinski definition) is 5. The lowest BCUT2D eigenvalue weighted by molar-refractivity contribution is -0.141. The lowest BCUT2D eigenvalue weighted by atomic mass is 10.1. The van der Waals surface area contributed by atoms with E-state index in [1.165, 1.54) is 18.4 Å². The van der Waals surface area contributed by atoms with Crippen LogP contribution in [0.2, 0.25) is 0 Å². The quantitative estimate of drug-likeness (QED) is 0.844. The second kappa shape index (κ2) is 5.45. The number of thiazole rings is 1. The molecule has 0 aliphatic rings. The molecule has 4 nitrogen and oxygen atoms in total. The van der Waals surface area contributed by atoms with Crippen molar-refractivity contribution in [3.63, 3.8) is 0 Å². The predicted octanol–water partition coefficient (Wildman–Crippen LogP) is 2.47. The van der Waals surface area contributed by atoms with Crippen LogP contribution in [-0.4, -0.2) is 18.1 Å². The van der Waals surface area contributed by atoms with Crippen LogP contribution in [0.3, 0.4) is 0 Å². The van der Waals surface area contributed by atoms with Gasteiger partial charge in [0.25, 0.3) is 0 Å². The van der Waals surface area contributed by atoms with Crippen molar-refractivity contribution in [2.24, 2.45) is 0 Å². The van der Waals surface area contributed by atoms with Crippen LogP contribution in [0.5, 0.6) is 0 Å². The fourth-order valence-corrected chi connectivity index (χ4v) is 2.02. The summed E-state index contributed by atoms with van der Waals surface area (Å²) < 4.78 is 4.79. The number of nitrogens with one attached hydrogen (secondary N) is 1. The van der Waals surface area contributed by atoms with Gasteiger partial charge in [0, 0.05) is 11.6 Å². The number of carbonyl (C=O) groups excluding carboxylic acids is 1. The van der Waals surface area contributed by atoms with Crippen molar-refractivity contribution in [2.45, 2.75) is 6.04 Å². The lowest BCUT2D eigenvalue weighted by Gasteiger charge is -2.15. The van der Waals surface area contributed by atoms with Crippen molar-refractivity contribution in [2.75, 3.05) is 12.4 Å². The first-order valence-electron chi connectivity index (χ1n) is 5.10. The molecule has 88 valence electrons. The van der Waals surface area contributed by atoms with Crippen LogP contribution in [0.25, 0.3) is 0 Å². The van der Waals surface area contributed by atoms with E-state index in [1.54, 1.807) is 6.20 Å². The number of anilines is 1. The maximum absolute atomic E-state index is 11.7. The van der Waals surface area contributed by atoms with Gasteiger partial charge in [0.05, 0.1) is 7.11 Å². The van der Waals surface area contributed by atoms with E-state index in [4.69, 9.17) is 4.74 Å². The van der Waals surface area contributed by atoms with Crippen molar-refractivity contribution >= 4 is 22.4 Å². The average molecular weight is 248 g/mol. The van der Waals surface area contributed by atoms with Crippen LogP contribution < -0.4 is 5.32 Å². The number of carbonyl (C=O) groups is 1. The Morgan fingerprint density at radius 2 is 2.18 bits per heavy atom. The molecule has 1 atom stereocenters. The van der Waals surface area contributed by atoms with E-state index in [-0.39, 0.29) is 5.97 Å². The Balaban J connectivity index is 2.23. The van der Waals surface area contributed by atoms with Gasteiger partial charge in [-0.1, -0.05) is 30.3 Å². The van der Waals surface area contributed by atoms with Gasteiger partial charge in [-0.15, -0.1) is 11.3 Å². The Morgan fingerprint density at radius 1 is 1.41 bits per heavy atom. The third kappa shape index (κ3) is 2.82. The number of ether oxygens (including phenoxy) is 1. The van der Waals surface area contributed by atoms with Gasteiger partial charge < -0.3 is 10.1 Å². The van der Waals surface area contributed by atoms with E-state index in [9.17, 15) is 4.79 Å². The monoisotopic (exact) mass is 248 g/mol. The number of methoxy groups -OCH3 is 1. The lowest BCUT2D eigenvalue weighted by Crippen LogP contribution is -2.22. The molecule has 1 heterocycles. The van der Waals surface area contributed by atoms with Crippen molar-refractivity contribution in [1.82, 2.24) is 4.98 Å². The average Bonchev–Trinajstić information content (AvgIpc) is 2.89. The summed E-state index contributed by atoms with van der Waals surface area (Å²) in [5.74, 6) is -0.327. The summed E-state index contributed by atoms with van der Waals surface area (Å²) in [6, 6.07) is 8.90. The molecule has 0 aliphatic carbocycles. The molecule has 0 saturated carbocycles. The van der Waals surface area contributed by atoms with Gasteiger partial charge >= 0.3 is 5.97 Å². The summed E-state index contributed by atoms with van der Waals surface area (Å²) in [7, 11) is 1.38. The molecule has 1 unspecified atom stereocenters. The largest absolute Gasteiger partial charge is 0.467 e. The molecule has 0 saturated heterocycles. The molecule has 0 spiro atoms. The Labute approximate surface area is 103 Å². The van der Waals surface area contributed by atoms with Gasteiger partial charge in [0.2, 0.25) is 0 Å². The highest BCUT2D eigenvalue weighted by Gasteiger charge is 2.21. The van der Waals surface area contributed by atoms with E-state index in [0.29, 0.717) is 5.13 Å². The van der Waals surface area contributed by atoms with Crippen LogP contribution >= 0.6 is 11.3 Å². The van der Waals surface area contributed by atoms with Crippen LogP contribution in [0.4, 0.5) is 5.13 Å². The Bertz CT molecular complexity index is 471. The minimum Gasteiger partial charge on any atom is -0.467 e. The summed E-state index contributed by atoms with van der Waals surface area (Å²) in [5, 5.41) is 5.61. The van der Waals surface area contributed by atoms with E-state index >= 15 is 0 Å². The Morgan fingerprint density at radius 3 is 2.76 bits per heavy atom. The molecule has 0 fully saturated rings. The number of hydrogen-bond donors (Lipinski definition) is 1. The third-order valence-electron chi connectivity index (χ3n) is 2.27. The summed E-state index contributed by atoms with van der Waals surface area (Å²) in [6.07, 6.45) is 1.69. The fraction of sp³-hybridized carbons (Fsp3) is 0.167. The Kier molecular flexibility index (Phi) is 3.72. The van der Waals surface area contributed by atoms with Gasteiger partial charge in [-0.3, -0.25) is 0 Å². The molecule has 1 N–H and O–H groups in total. The van der Waals surface area contributed by atoms with Gasteiger partial charge in [0.15, 0.2) is 11.2 Å². The number of nitrogens with zero attached hydrogens (tertiary/aromatic N) is 1. The fourth-order valence-electron chi connectivity index (χ4n) is 1.46. The van der Waals surface area contributed by atoms with Gasteiger partial charge in [-0.05, 0) is 5.56 Å². The summed E-state index contributed by atoms with van der Waals surface area (Å²) in [4.78, 5) is 15.8. The normalized spacial score (nSPS) is 11.8. The zero-order chi connectivity index (χ0) is 12.1. The minimum atomic E-state index is -0.521. The first-order chi connectivity index (χ1) is 8.31. The van der Waals surface area contributed by atoms with Crippen LogP contribution in [-0.2, 0) is 9.53 Å². The molecule has 2 rings (SSSR count). The zero-order valence-electron chi connectivity index (χ0n) is 9.29. The maximum Gasteiger partial charge on any atom is 0.333 e. The van der Waals surface area contributed by atoms with E-state index < -0.39 is 6.04 Å². The number of rotatable bonds is 4. The second-order valence-electron chi connectivity index (χ2n) is 3.35. The highest BCUT2D eigenvalue weighted by molar-refractivity contribution is 7.13. The first-order valence-corrected chi connectivity index (χ1v) is 5.98. The molecule has 0 bridgehead atoms. The Hall–Kier alpha value is -1.88. The molecule has 0 radical (unpaired) electrons. The van der Waals surface area contributed by atoms with Crippen LogP contribution in [0.15, 0.2) is 41.9 Å². The molecule has 5 heteroatoms. The highest BCUT2D eigenvalue weighted by atomic mass is 32.1. The summed E-state index contributed by atoms with van der Waals surface area (Å²) in [6.45, 7) is 0. The molecule has 17 heavy (non-hydrogen) atoms. The smallest absolute Gasteiger partial charge is 0.333 e. The van der Waals surface area contributed by atoms with Crippen LogP contribution in [0, 0.1) is 0 Å². The molecular weight excluding hydrogens is 236 g/mol. The number of esters is 1. The minimum absolute atomic E-state index is 0.327. The number of benzene rings is 1. The molecular formula is C12H12N2O2S. The van der Waals surface area contributed by atoms with E-state index in [1.807, 2.05) is 35.7 Å². The molecule has 0 amide bonds. The van der Waals surface area contributed by atoms with E-state index in [2.05, 4.69) is 10.3 Å². The summed E-state index contributed by atoms with van der Waals surface area (Å²) >= 11 is 1.44. The van der Waals surface area contributed by atoms with Gasteiger partial charge in [-0.2, -0.15) is 0 Å². The molecule has 0 aliphatic heterocycles. The maximum atomic E-state index is 11.7.